The molecule has 0 fully saturated rings. The predicted octanol–water partition coefficient (Wildman–Crippen LogP) is 0.660. The molecule has 0 saturated carbocycles. The Balaban J connectivity index is 2.40. The van der Waals surface area contributed by atoms with Gasteiger partial charge >= 0.3 is 0 Å². The van der Waals surface area contributed by atoms with Crippen LogP contribution in [0.1, 0.15) is 17.4 Å². The summed E-state index contributed by atoms with van der Waals surface area (Å²) in [6.07, 6.45) is 3.72. The van der Waals surface area contributed by atoms with E-state index >= 15 is 0 Å². The molecule has 0 aliphatic carbocycles. The molecular weight excluding hydrogens is 264 g/mol. The number of nitrogens with two attached hydrogens (primary N) is 1. The van der Waals surface area contributed by atoms with Crippen molar-refractivity contribution in [3.05, 3.63) is 30.1 Å². The summed E-state index contributed by atoms with van der Waals surface area (Å²) in [5.41, 5.74) is 6.11. The molecule has 6 nitrogen and oxygen atoms in total. The van der Waals surface area contributed by atoms with Gasteiger partial charge in [-0.2, -0.15) is 0 Å². The van der Waals surface area contributed by atoms with Gasteiger partial charge in [-0.3, -0.25) is 14.0 Å². The van der Waals surface area contributed by atoms with E-state index in [1.54, 1.807) is 6.07 Å². The maximum absolute atomic E-state index is 12.1. The molecule has 7 heteroatoms. The van der Waals surface area contributed by atoms with E-state index in [0.717, 1.165) is 0 Å². The number of hydrogen-bond acceptors (Lipinski definition) is 4. The van der Waals surface area contributed by atoms with Gasteiger partial charge < -0.3 is 11.1 Å². The Bertz CT molecular complexity index is 638. The fraction of sp³-hybridized carbons (Fsp3) is 0.250. The van der Waals surface area contributed by atoms with Crippen molar-refractivity contribution in [1.82, 2.24) is 14.7 Å². The molecule has 100 valence electrons. The first-order valence-electron chi connectivity index (χ1n) is 5.66. The number of amides is 2. The minimum atomic E-state index is -0.731. The van der Waals surface area contributed by atoms with Crippen molar-refractivity contribution in [2.75, 3.05) is 6.26 Å². The molecule has 0 aliphatic rings. The maximum atomic E-state index is 12.1. The number of carbonyl (C=O) groups excluding carboxylic acids is 2. The van der Waals surface area contributed by atoms with E-state index < -0.39 is 17.9 Å². The molecule has 0 saturated heterocycles. The topological polar surface area (TPSA) is 89.5 Å². The van der Waals surface area contributed by atoms with E-state index in [2.05, 4.69) is 10.3 Å². The number of pyridine rings is 1. The van der Waals surface area contributed by atoms with Gasteiger partial charge in [-0.15, -0.1) is 0 Å². The molecule has 0 aromatic carbocycles. The number of rotatable bonds is 4. The minimum absolute atomic E-state index is 0.290. The van der Waals surface area contributed by atoms with Gasteiger partial charge in [0.15, 0.2) is 10.9 Å². The van der Waals surface area contributed by atoms with E-state index in [1.165, 1.54) is 18.7 Å². The van der Waals surface area contributed by atoms with Crippen LogP contribution in [-0.2, 0) is 4.79 Å². The fourth-order valence-electron chi connectivity index (χ4n) is 1.66. The number of imidazole rings is 1. The van der Waals surface area contributed by atoms with Gasteiger partial charge in [0.05, 0.1) is 5.52 Å². The zero-order valence-electron chi connectivity index (χ0n) is 10.6. The molecule has 0 aliphatic heterocycles. The number of nitrogens with zero attached hydrogens (tertiary/aromatic N) is 2. The SMILES string of the molecule is CSc1nc(C(=O)NC(C)C(N)=O)c2ccccn12. The number of thioether (sulfide) groups is 1. The predicted molar refractivity (Wildman–Crippen MR) is 73.1 cm³/mol. The van der Waals surface area contributed by atoms with Gasteiger partial charge in [-0.1, -0.05) is 17.8 Å². The molecule has 1 atom stereocenters. The average Bonchev–Trinajstić information content (AvgIpc) is 2.77. The van der Waals surface area contributed by atoms with Crippen LogP contribution in [0.25, 0.3) is 5.52 Å². The number of primary amides is 1. The highest BCUT2D eigenvalue weighted by Gasteiger charge is 2.20. The molecule has 2 heterocycles. The van der Waals surface area contributed by atoms with Crippen molar-refractivity contribution in [2.24, 2.45) is 5.73 Å². The van der Waals surface area contributed by atoms with E-state index in [1.807, 2.05) is 29.0 Å². The highest BCUT2D eigenvalue weighted by Crippen LogP contribution is 2.19. The average molecular weight is 278 g/mol. The third-order valence-corrected chi connectivity index (χ3v) is 3.34. The van der Waals surface area contributed by atoms with Crippen molar-refractivity contribution in [1.29, 1.82) is 0 Å². The summed E-state index contributed by atoms with van der Waals surface area (Å²) < 4.78 is 1.83. The van der Waals surface area contributed by atoms with Crippen LogP contribution < -0.4 is 11.1 Å². The van der Waals surface area contributed by atoms with Crippen LogP contribution >= 0.6 is 11.8 Å². The molecule has 1 unspecified atom stereocenters. The molecule has 3 N–H and O–H groups in total. The second-order valence-electron chi connectivity index (χ2n) is 4.00. The second-order valence-corrected chi connectivity index (χ2v) is 4.77. The van der Waals surface area contributed by atoms with E-state index in [0.29, 0.717) is 10.7 Å². The monoisotopic (exact) mass is 278 g/mol. The first-order chi connectivity index (χ1) is 9.04. The van der Waals surface area contributed by atoms with Crippen molar-refractivity contribution < 1.29 is 9.59 Å². The number of hydrogen-bond donors (Lipinski definition) is 2. The number of carbonyl (C=O) groups is 2. The Labute approximate surface area is 114 Å². The lowest BCUT2D eigenvalue weighted by atomic mass is 10.2. The van der Waals surface area contributed by atoms with E-state index in [-0.39, 0.29) is 5.69 Å². The summed E-state index contributed by atoms with van der Waals surface area (Å²) in [6, 6.07) is 4.76. The zero-order chi connectivity index (χ0) is 14.0. The third-order valence-electron chi connectivity index (χ3n) is 2.69. The normalized spacial score (nSPS) is 12.3. The van der Waals surface area contributed by atoms with Crippen molar-refractivity contribution in [3.63, 3.8) is 0 Å². The van der Waals surface area contributed by atoms with Gasteiger partial charge in [0.2, 0.25) is 5.91 Å². The first kappa shape index (κ1) is 13.4. The quantitative estimate of drug-likeness (QED) is 0.804. The van der Waals surface area contributed by atoms with Gasteiger partial charge in [0.25, 0.3) is 5.91 Å². The second kappa shape index (κ2) is 5.31. The lowest BCUT2D eigenvalue weighted by Crippen LogP contribution is -2.42. The lowest BCUT2D eigenvalue weighted by Gasteiger charge is -2.08. The molecule has 2 aromatic rings. The van der Waals surface area contributed by atoms with Crippen LogP contribution in [-0.4, -0.2) is 33.5 Å². The maximum Gasteiger partial charge on any atom is 0.272 e. The fourth-order valence-corrected chi connectivity index (χ4v) is 2.20. The molecule has 0 spiro atoms. The zero-order valence-corrected chi connectivity index (χ0v) is 11.4. The molecule has 2 aromatic heterocycles. The molecule has 2 rings (SSSR count). The number of fused-ring (bicyclic) bond motifs is 1. The third kappa shape index (κ3) is 2.55. The standard InChI is InChI=1S/C12H14N4O2S/c1-7(10(13)17)14-11(18)9-8-5-3-4-6-16(8)12(15-9)19-2/h3-7H,1-2H3,(H2,13,17)(H,14,18). The van der Waals surface area contributed by atoms with E-state index in [9.17, 15) is 9.59 Å². The summed E-state index contributed by atoms with van der Waals surface area (Å²) in [5, 5.41) is 3.24. The summed E-state index contributed by atoms with van der Waals surface area (Å²) >= 11 is 1.44. The van der Waals surface area contributed by atoms with E-state index in [4.69, 9.17) is 5.73 Å². The smallest absolute Gasteiger partial charge is 0.272 e. The Kier molecular flexibility index (Phi) is 3.75. The van der Waals surface area contributed by atoms with Crippen molar-refractivity contribution in [3.8, 4) is 0 Å². The summed E-state index contributed by atoms with van der Waals surface area (Å²) in [4.78, 5) is 27.3. The van der Waals surface area contributed by atoms with Crippen LogP contribution in [0, 0.1) is 0 Å². The van der Waals surface area contributed by atoms with Crippen LogP contribution in [0.5, 0.6) is 0 Å². The van der Waals surface area contributed by atoms with Crippen LogP contribution in [0.4, 0.5) is 0 Å². The van der Waals surface area contributed by atoms with Crippen molar-refractivity contribution >= 4 is 29.1 Å². The van der Waals surface area contributed by atoms with Gasteiger partial charge in [-0.25, -0.2) is 4.98 Å². The summed E-state index contributed by atoms with van der Waals surface area (Å²) in [7, 11) is 0. The van der Waals surface area contributed by atoms with Gasteiger partial charge in [-0.05, 0) is 25.3 Å². The Hall–Kier alpha value is -2.02. The molecule has 2 amide bonds. The highest BCUT2D eigenvalue weighted by atomic mass is 32.2. The first-order valence-corrected chi connectivity index (χ1v) is 6.88. The van der Waals surface area contributed by atoms with Crippen LogP contribution in [0.2, 0.25) is 0 Å². The van der Waals surface area contributed by atoms with Crippen LogP contribution in [0.3, 0.4) is 0 Å². The Morgan fingerprint density at radius 2 is 2.21 bits per heavy atom. The molecule has 0 bridgehead atoms. The number of nitrogens with one attached hydrogen (secondary N) is 1. The molecule has 0 radical (unpaired) electrons. The summed E-state index contributed by atoms with van der Waals surface area (Å²) in [5.74, 6) is -0.989. The highest BCUT2D eigenvalue weighted by molar-refractivity contribution is 7.98. The van der Waals surface area contributed by atoms with Gasteiger partial charge in [0.1, 0.15) is 6.04 Å². The number of aromatic nitrogens is 2. The van der Waals surface area contributed by atoms with Gasteiger partial charge in [0, 0.05) is 6.20 Å². The summed E-state index contributed by atoms with van der Waals surface area (Å²) in [6.45, 7) is 1.54. The Morgan fingerprint density at radius 1 is 1.47 bits per heavy atom. The lowest BCUT2D eigenvalue weighted by molar-refractivity contribution is -0.119. The largest absolute Gasteiger partial charge is 0.368 e. The van der Waals surface area contributed by atoms with Crippen LogP contribution in [0.15, 0.2) is 29.6 Å². The Morgan fingerprint density at radius 3 is 2.84 bits per heavy atom. The molecular formula is C12H14N4O2S. The van der Waals surface area contributed by atoms with Crippen molar-refractivity contribution in [2.45, 2.75) is 18.1 Å². The molecule has 19 heavy (non-hydrogen) atoms. The minimum Gasteiger partial charge on any atom is -0.368 e.